The molecule has 0 aliphatic carbocycles. The highest BCUT2D eigenvalue weighted by atomic mass is 35.5. The Morgan fingerprint density at radius 2 is 1.71 bits per heavy atom. The fourth-order valence-electron chi connectivity index (χ4n) is 2.52. The van der Waals surface area contributed by atoms with Crippen LogP contribution in [-0.4, -0.2) is 29.8 Å². The molecule has 0 atom stereocenters. The second-order valence-corrected chi connectivity index (χ2v) is 6.07. The van der Waals surface area contributed by atoms with Gasteiger partial charge in [0.15, 0.2) is 0 Å². The summed E-state index contributed by atoms with van der Waals surface area (Å²) in [6.07, 6.45) is 1.91. The molecule has 0 spiro atoms. The number of nitrogens with two attached hydrogens (primary N) is 2. The van der Waals surface area contributed by atoms with Crippen molar-refractivity contribution in [1.29, 1.82) is 0 Å². The predicted molar refractivity (Wildman–Crippen MR) is 83.3 cm³/mol. The lowest BCUT2D eigenvalue weighted by Crippen LogP contribution is -2.39. The van der Waals surface area contributed by atoms with E-state index >= 15 is 0 Å². The lowest BCUT2D eigenvalue weighted by Gasteiger charge is -2.31. The summed E-state index contributed by atoms with van der Waals surface area (Å²) in [5.41, 5.74) is 11.6. The van der Waals surface area contributed by atoms with E-state index in [1.54, 1.807) is 4.90 Å². The van der Waals surface area contributed by atoms with E-state index in [2.05, 4.69) is 0 Å². The highest BCUT2D eigenvalue weighted by Gasteiger charge is 2.25. The van der Waals surface area contributed by atoms with Crippen LogP contribution in [0.5, 0.6) is 0 Å². The molecule has 0 radical (unpaired) electrons. The van der Waals surface area contributed by atoms with Gasteiger partial charge in [-0.2, -0.15) is 0 Å². The third kappa shape index (κ3) is 3.80. The second-order valence-electron chi connectivity index (χ2n) is 5.26. The average molecular weight is 330 g/mol. The smallest absolute Gasteiger partial charge is 0.253 e. The van der Waals surface area contributed by atoms with Crippen LogP contribution in [-0.2, 0) is 4.79 Å². The Morgan fingerprint density at radius 1 is 1.19 bits per heavy atom. The van der Waals surface area contributed by atoms with E-state index in [9.17, 15) is 9.59 Å². The van der Waals surface area contributed by atoms with E-state index in [0.717, 1.165) is 12.8 Å². The molecule has 1 saturated heterocycles. The number of hydrogen-bond donors (Lipinski definition) is 2. The third-order valence-corrected chi connectivity index (χ3v) is 4.34. The van der Waals surface area contributed by atoms with Crippen molar-refractivity contribution in [2.45, 2.75) is 19.3 Å². The summed E-state index contributed by atoms with van der Waals surface area (Å²) in [7, 11) is 0. The highest BCUT2D eigenvalue weighted by molar-refractivity contribution is 6.39. The van der Waals surface area contributed by atoms with Crippen molar-refractivity contribution in [3.05, 3.63) is 27.7 Å². The average Bonchev–Trinajstić information content (AvgIpc) is 2.43. The molecular weight excluding hydrogens is 313 g/mol. The number of rotatable bonds is 3. The number of piperidine rings is 1. The summed E-state index contributed by atoms with van der Waals surface area (Å²) in [6, 6.07) is 3.06. The molecule has 5 nitrogen and oxygen atoms in total. The van der Waals surface area contributed by atoms with Crippen LogP contribution in [0, 0.1) is 5.92 Å². The van der Waals surface area contributed by atoms with Crippen molar-refractivity contribution in [3.8, 4) is 0 Å². The van der Waals surface area contributed by atoms with Gasteiger partial charge in [-0.15, -0.1) is 0 Å². The van der Waals surface area contributed by atoms with Crippen LogP contribution in [0.25, 0.3) is 0 Å². The first-order chi connectivity index (χ1) is 9.88. The van der Waals surface area contributed by atoms with Gasteiger partial charge in [-0.05, 0) is 30.9 Å². The van der Waals surface area contributed by atoms with E-state index in [4.69, 9.17) is 34.7 Å². The molecule has 21 heavy (non-hydrogen) atoms. The first kappa shape index (κ1) is 15.9. The molecule has 1 aromatic rings. The van der Waals surface area contributed by atoms with E-state index < -0.39 is 0 Å². The SMILES string of the molecule is NC(=O)CC1CCN(C(=O)c2cc(Cl)c(N)c(Cl)c2)CC1. The number of benzene rings is 1. The van der Waals surface area contributed by atoms with Crippen LogP contribution < -0.4 is 11.5 Å². The van der Waals surface area contributed by atoms with Crippen molar-refractivity contribution in [2.75, 3.05) is 18.8 Å². The number of nitrogen functional groups attached to an aromatic ring is 1. The molecule has 0 saturated carbocycles. The Hall–Kier alpha value is -1.46. The zero-order valence-corrected chi connectivity index (χ0v) is 13.0. The Balaban J connectivity index is 2.04. The minimum Gasteiger partial charge on any atom is -0.396 e. The van der Waals surface area contributed by atoms with Crippen LogP contribution in [0.3, 0.4) is 0 Å². The maximum atomic E-state index is 12.4. The fourth-order valence-corrected chi connectivity index (χ4v) is 3.00. The maximum absolute atomic E-state index is 12.4. The van der Waals surface area contributed by atoms with E-state index in [-0.39, 0.29) is 33.5 Å². The quantitative estimate of drug-likeness (QED) is 0.834. The number of primary amides is 1. The van der Waals surface area contributed by atoms with Gasteiger partial charge in [0.1, 0.15) is 0 Å². The number of anilines is 1. The van der Waals surface area contributed by atoms with Gasteiger partial charge < -0.3 is 16.4 Å². The molecule has 2 rings (SSSR count). The van der Waals surface area contributed by atoms with Gasteiger partial charge in [0.05, 0.1) is 15.7 Å². The first-order valence-corrected chi connectivity index (χ1v) is 7.46. The summed E-state index contributed by atoms with van der Waals surface area (Å²) < 4.78 is 0. The summed E-state index contributed by atoms with van der Waals surface area (Å²) in [4.78, 5) is 25.1. The van der Waals surface area contributed by atoms with Gasteiger partial charge in [0.2, 0.25) is 5.91 Å². The zero-order chi connectivity index (χ0) is 15.6. The molecule has 1 heterocycles. The molecule has 114 valence electrons. The molecule has 1 aliphatic heterocycles. The van der Waals surface area contributed by atoms with Gasteiger partial charge in [0, 0.05) is 25.1 Å². The van der Waals surface area contributed by atoms with Gasteiger partial charge in [0.25, 0.3) is 5.91 Å². The van der Waals surface area contributed by atoms with Crippen molar-refractivity contribution in [2.24, 2.45) is 11.7 Å². The molecule has 1 aromatic carbocycles. The minimum absolute atomic E-state index is 0.128. The van der Waals surface area contributed by atoms with E-state index in [1.165, 1.54) is 12.1 Å². The van der Waals surface area contributed by atoms with Gasteiger partial charge >= 0.3 is 0 Å². The molecule has 4 N–H and O–H groups in total. The van der Waals surface area contributed by atoms with Crippen molar-refractivity contribution in [3.63, 3.8) is 0 Å². The van der Waals surface area contributed by atoms with E-state index in [0.29, 0.717) is 25.1 Å². The number of amides is 2. The fraction of sp³-hybridized carbons (Fsp3) is 0.429. The molecule has 1 aliphatic rings. The van der Waals surface area contributed by atoms with Crippen molar-refractivity contribution >= 4 is 40.7 Å². The van der Waals surface area contributed by atoms with Crippen molar-refractivity contribution in [1.82, 2.24) is 4.90 Å². The molecule has 1 fully saturated rings. The maximum Gasteiger partial charge on any atom is 0.253 e. The van der Waals surface area contributed by atoms with Crippen LogP contribution in [0.4, 0.5) is 5.69 Å². The lowest BCUT2D eigenvalue weighted by molar-refractivity contribution is -0.119. The molecular formula is C14H17Cl2N3O2. The second kappa shape index (κ2) is 6.54. The minimum atomic E-state index is -0.295. The number of halogens is 2. The van der Waals surface area contributed by atoms with Gasteiger partial charge in [-0.3, -0.25) is 9.59 Å². The normalized spacial score (nSPS) is 16.0. The molecule has 0 aromatic heterocycles. The first-order valence-electron chi connectivity index (χ1n) is 6.70. The summed E-state index contributed by atoms with van der Waals surface area (Å²) in [5.74, 6) is -0.168. The highest BCUT2D eigenvalue weighted by Crippen LogP contribution is 2.30. The van der Waals surface area contributed by atoms with Gasteiger partial charge in [-0.25, -0.2) is 0 Å². The van der Waals surface area contributed by atoms with E-state index in [1.807, 2.05) is 0 Å². The molecule has 0 unspecified atom stereocenters. The van der Waals surface area contributed by atoms with Crippen LogP contribution in [0.15, 0.2) is 12.1 Å². The molecule has 0 bridgehead atoms. The Morgan fingerprint density at radius 3 is 2.19 bits per heavy atom. The summed E-state index contributed by atoms with van der Waals surface area (Å²) in [6.45, 7) is 1.19. The number of hydrogen-bond acceptors (Lipinski definition) is 3. The van der Waals surface area contributed by atoms with Crippen LogP contribution in [0.2, 0.25) is 10.0 Å². The van der Waals surface area contributed by atoms with Crippen molar-refractivity contribution < 1.29 is 9.59 Å². The number of likely N-dealkylation sites (tertiary alicyclic amines) is 1. The Kier molecular flexibility index (Phi) is 4.96. The number of carbonyl (C=O) groups is 2. The largest absolute Gasteiger partial charge is 0.396 e. The monoisotopic (exact) mass is 329 g/mol. The van der Waals surface area contributed by atoms with Gasteiger partial charge in [-0.1, -0.05) is 23.2 Å². The predicted octanol–water partition coefficient (Wildman–Crippen LogP) is 2.30. The third-order valence-electron chi connectivity index (χ3n) is 3.72. The summed E-state index contributed by atoms with van der Waals surface area (Å²) in [5, 5.41) is 0.545. The standard InChI is InChI=1S/C14H17Cl2N3O2/c15-10-6-9(7-11(16)13(10)18)14(21)19-3-1-8(2-4-19)5-12(17)20/h6-8H,1-5,18H2,(H2,17,20). The zero-order valence-electron chi connectivity index (χ0n) is 11.4. The number of carbonyl (C=O) groups excluding carboxylic acids is 2. The summed E-state index contributed by atoms with van der Waals surface area (Å²) >= 11 is 11.9. The lowest BCUT2D eigenvalue weighted by atomic mass is 9.93. The Labute approximate surface area is 133 Å². The molecule has 7 heteroatoms. The van der Waals surface area contributed by atoms with Crippen LogP contribution in [0.1, 0.15) is 29.6 Å². The Bertz CT molecular complexity index is 546. The molecule has 2 amide bonds. The number of nitrogens with zero attached hydrogens (tertiary/aromatic N) is 1. The topological polar surface area (TPSA) is 89.4 Å². The van der Waals surface area contributed by atoms with Crippen LogP contribution >= 0.6 is 23.2 Å².